The van der Waals surface area contributed by atoms with E-state index < -0.39 is 4.92 Å². The van der Waals surface area contributed by atoms with Crippen LogP contribution in [0.1, 0.15) is 0 Å². The van der Waals surface area contributed by atoms with Gasteiger partial charge in [-0.05, 0) is 15.9 Å². The van der Waals surface area contributed by atoms with E-state index in [0.29, 0.717) is 4.47 Å². The van der Waals surface area contributed by atoms with Crippen LogP contribution in [0.25, 0.3) is 11.4 Å². The monoisotopic (exact) mass is 284 g/mol. The molecule has 0 spiro atoms. The summed E-state index contributed by atoms with van der Waals surface area (Å²) in [5.41, 5.74) is 5.52. The molecule has 0 saturated carbocycles. The summed E-state index contributed by atoms with van der Waals surface area (Å²) in [6, 6.07) is 2.72. The highest BCUT2D eigenvalue weighted by molar-refractivity contribution is 9.10. The third-order valence-corrected chi connectivity index (χ3v) is 2.24. The Morgan fingerprint density at radius 2 is 2.25 bits per heavy atom. The summed E-state index contributed by atoms with van der Waals surface area (Å²) in [6.07, 6.45) is 1.44. The average molecular weight is 285 g/mol. The minimum atomic E-state index is -0.544. The van der Waals surface area contributed by atoms with Crippen molar-refractivity contribution < 1.29 is 9.45 Å². The fourth-order valence-corrected chi connectivity index (χ4v) is 1.49. The first-order valence-corrected chi connectivity index (χ1v) is 4.89. The van der Waals surface area contributed by atoms with Gasteiger partial charge >= 0.3 is 0 Å². The fraction of sp³-hybridized carbons (Fsp3) is 0. The molecule has 0 fully saturated rings. The maximum Gasteiger partial charge on any atom is 0.298 e. The van der Waals surface area contributed by atoms with Crippen LogP contribution < -0.4 is 5.73 Å². The summed E-state index contributed by atoms with van der Waals surface area (Å²) < 4.78 is 5.15. The molecule has 16 heavy (non-hydrogen) atoms. The molecule has 2 rings (SSSR count). The highest BCUT2D eigenvalue weighted by Gasteiger charge is 2.20. The minimum Gasteiger partial charge on any atom is -0.368 e. The Morgan fingerprint density at radius 3 is 2.81 bits per heavy atom. The lowest BCUT2D eigenvalue weighted by Gasteiger charge is -1.97. The first kappa shape index (κ1) is 10.6. The van der Waals surface area contributed by atoms with Crippen LogP contribution >= 0.6 is 15.9 Å². The van der Waals surface area contributed by atoms with Gasteiger partial charge in [-0.1, -0.05) is 5.16 Å². The third-order valence-electron chi connectivity index (χ3n) is 1.80. The van der Waals surface area contributed by atoms with Gasteiger partial charge in [-0.3, -0.25) is 10.1 Å². The van der Waals surface area contributed by atoms with Crippen LogP contribution in [-0.4, -0.2) is 15.1 Å². The molecule has 0 amide bonds. The van der Waals surface area contributed by atoms with Crippen molar-refractivity contribution in [3.63, 3.8) is 0 Å². The number of nitrogen functional groups attached to an aromatic ring is 1. The molecule has 2 aromatic rings. The Hall–Kier alpha value is -1.96. The molecule has 0 saturated heterocycles. The molecule has 2 aromatic heterocycles. The van der Waals surface area contributed by atoms with Crippen molar-refractivity contribution in [1.82, 2.24) is 10.1 Å². The van der Waals surface area contributed by atoms with Gasteiger partial charge in [0.2, 0.25) is 5.88 Å². The molecule has 2 N–H and O–H groups in total. The van der Waals surface area contributed by atoms with Crippen molar-refractivity contribution in [3.05, 3.63) is 32.9 Å². The zero-order valence-corrected chi connectivity index (χ0v) is 9.34. The standard InChI is InChI=1S/C8H5BrN4O3/c9-4-1-6(13(14)15)8(11-3-4)5-2-7(10)16-12-5/h1-3H,10H2. The van der Waals surface area contributed by atoms with E-state index in [9.17, 15) is 10.1 Å². The van der Waals surface area contributed by atoms with Gasteiger partial charge in [0.25, 0.3) is 5.69 Å². The van der Waals surface area contributed by atoms with Crippen LogP contribution in [0, 0.1) is 10.1 Å². The summed E-state index contributed by atoms with van der Waals surface area (Å²) >= 11 is 3.11. The number of anilines is 1. The topological polar surface area (TPSA) is 108 Å². The molecule has 0 radical (unpaired) electrons. The highest BCUT2D eigenvalue weighted by Crippen LogP contribution is 2.29. The van der Waals surface area contributed by atoms with E-state index in [0.717, 1.165) is 0 Å². The van der Waals surface area contributed by atoms with Crippen LogP contribution in [-0.2, 0) is 0 Å². The average Bonchev–Trinajstić information content (AvgIpc) is 2.64. The Labute approximate surface area is 97.5 Å². The lowest BCUT2D eigenvalue weighted by atomic mass is 10.2. The predicted molar refractivity (Wildman–Crippen MR) is 58.5 cm³/mol. The van der Waals surface area contributed by atoms with E-state index >= 15 is 0 Å². The summed E-state index contributed by atoms with van der Waals surface area (Å²) in [5, 5.41) is 14.4. The van der Waals surface area contributed by atoms with Gasteiger partial charge in [-0.25, -0.2) is 4.98 Å². The summed E-state index contributed by atoms with van der Waals surface area (Å²) in [4.78, 5) is 14.2. The van der Waals surface area contributed by atoms with Crippen LogP contribution in [0.15, 0.2) is 27.3 Å². The quantitative estimate of drug-likeness (QED) is 0.667. The number of nitro groups is 1. The lowest BCUT2D eigenvalue weighted by molar-refractivity contribution is -0.384. The maximum atomic E-state index is 10.8. The Bertz CT molecular complexity index is 554. The van der Waals surface area contributed by atoms with Crippen LogP contribution in [0.5, 0.6) is 0 Å². The summed E-state index contributed by atoms with van der Waals surface area (Å²) in [6.45, 7) is 0. The van der Waals surface area contributed by atoms with Crippen molar-refractivity contribution in [2.45, 2.75) is 0 Å². The molecule has 82 valence electrons. The lowest BCUT2D eigenvalue weighted by Crippen LogP contribution is -1.94. The molecule has 0 aliphatic carbocycles. The van der Waals surface area contributed by atoms with Crippen LogP contribution in [0.3, 0.4) is 0 Å². The van der Waals surface area contributed by atoms with E-state index in [1.807, 2.05) is 0 Å². The molecular weight excluding hydrogens is 280 g/mol. The summed E-state index contributed by atoms with van der Waals surface area (Å²) in [7, 11) is 0. The molecule has 0 atom stereocenters. The molecule has 2 heterocycles. The smallest absolute Gasteiger partial charge is 0.298 e. The zero-order valence-electron chi connectivity index (χ0n) is 7.75. The number of hydrogen-bond acceptors (Lipinski definition) is 6. The first-order valence-electron chi connectivity index (χ1n) is 4.10. The number of aromatic nitrogens is 2. The maximum absolute atomic E-state index is 10.8. The molecule has 8 heteroatoms. The Morgan fingerprint density at radius 1 is 1.50 bits per heavy atom. The van der Waals surface area contributed by atoms with E-state index in [1.54, 1.807) is 0 Å². The first-order chi connectivity index (χ1) is 7.58. The van der Waals surface area contributed by atoms with Crippen LogP contribution in [0.4, 0.5) is 11.6 Å². The molecule has 0 aliphatic rings. The van der Waals surface area contributed by atoms with Gasteiger partial charge in [0.05, 0.1) is 4.92 Å². The van der Waals surface area contributed by atoms with E-state index in [2.05, 4.69) is 30.6 Å². The molecule has 0 unspecified atom stereocenters. The fourth-order valence-electron chi connectivity index (χ4n) is 1.17. The summed E-state index contributed by atoms with van der Waals surface area (Å²) in [5.74, 6) is 0.0778. The molecule has 0 aromatic carbocycles. The second-order valence-corrected chi connectivity index (χ2v) is 3.81. The van der Waals surface area contributed by atoms with Crippen molar-refractivity contribution in [3.8, 4) is 11.4 Å². The predicted octanol–water partition coefficient (Wildman–Crippen LogP) is 1.99. The molecule has 7 nitrogen and oxygen atoms in total. The van der Waals surface area contributed by atoms with Crippen molar-refractivity contribution in [2.24, 2.45) is 0 Å². The Balaban J connectivity index is 2.60. The number of halogens is 1. The van der Waals surface area contributed by atoms with Crippen molar-refractivity contribution in [1.29, 1.82) is 0 Å². The third kappa shape index (κ3) is 1.87. The normalized spacial score (nSPS) is 10.3. The van der Waals surface area contributed by atoms with E-state index in [4.69, 9.17) is 5.73 Å². The van der Waals surface area contributed by atoms with Gasteiger partial charge in [-0.15, -0.1) is 0 Å². The van der Waals surface area contributed by atoms with Gasteiger partial charge in [0, 0.05) is 22.8 Å². The number of pyridine rings is 1. The second-order valence-electron chi connectivity index (χ2n) is 2.89. The van der Waals surface area contributed by atoms with Gasteiger partial charge < -0.3 is 10.3 Å². The van der Waals surface area contributed by atoms with Crippen molar-refractivity contribution >= 4 is 27.5 Å². The molecular formula is C8H5BrN4O3. The minimum absolute atomic E-state index is 0.0778. The largest absolute Gasteiger partial charge is 0.368 e. The van der Waals surface area contributed by atoms with Gasteiger partial charge in [0.1, 0.15) is 5.69 Å². The van der Waals surface area contributed by atoms with Gasteiger partial charge in [-0.2, -0.15) is 0 Å². The number of hydrogen-bond donors (Lipinski definition) is 1. The number of rotatable bonds is 2. The Kier molecular flexibility index (Phi) is 2.57. The van der Waals surface area contributed by atoms with Crippen LogP contribution in [0.2, 0.25) is 0 Å². The SMILES string of the molecule is Nc1cc(-c2ncc(Br)cc2[N+](=O)[O-])no1. The van der Waals surface area contributed by atoms with E-state index in [-0.39, 0.29) is 23.0 Å². The molecule has 0 bridgehead atoms. The number of nitrogens with two attached hydrogens (primary N) is 1. The van der Waals surface area contributed by atoms with E-state index in [1.165, 1.54) is 18.3 Å². The van der Waals surface area contributed by atoms with Gasteiger partial charge in [0.15, 0.2) is 5.69 Å². The highest BCUT2D eigenvalue weighted by atomic mass is 79.9. The van der Waals surface area contributed by atoms with Crippen molar-refractivity contribution in [2.75, 3.05) is 5.73 Å². The molecule has 0 aliphatic heterocycles. The zero-order chi connectivity index (χ0) is 11.7. The second kappa shape index (κ2) is 3.89. The number of nitrogens with zero attached hydrogens (tertiary/aromatic N) is 3.